The number of nitrogen functional groups attached to an aromatic ring is 1. The van der Waals surface area contributed by atoms with Crippen LogP contribution in [0.3, 0.4) is 0 Å². The van der Waals surface area contributed by atoms with Gasteiger partial charge in [-0.3, -0.25) is 19.2 Å². The number of aliphatic hydroxyl groups is 1. The van der Waals surface area contributed by atoms with E-state index in [1.54, 1.807) is 23.6 Å². The number of cyclic esters (lactones) is 1. The number of hydrogen-bond acceptors (Lipinski definition) is 14. The highest BCUT2D eigenvalue weighted by Crippen LogP contribution is 2.40. The number of carbonyl (C=O) groups is 3. The molecule has 1 aromatic carbocycles. The minimum absolute atomic E-state index is 0.0239. The summed E-state index contributed by atoms with van der Waals surface area (Å²) in [6, 6.07) is 6.08. The van der Waals surface area contributed by atoms with Gasteiger partial charge in [0.2, 0.25) is 0 Å². The SMILES string of the molecule is CC[C@H]1OC(=O)C(C)C(=O)[C@H](C)[C@@H](O[C@@H]2O[C@H](C)CC(N)C2O)[C@](C)(OC)C[C@@H](C)CN[C@H](C)[C@H]2N(CCCCn3cc(-c4cccc(N)c4)nn3)C(=O)O[C@]12C. The molecule has 13 atom stereocenters. The summed E-state index contributed by atoms with van der Waals surface area (Å²) in [5.41, 5.74) is 12.2. The van der Waals surface area contributed by atoms with Gasteiger partial charge in [-0.25, -0.2) is 4.79 Å². The van der Waals surface area contributed by atoms with Crippen molar-refractivity contribution in [3.63, 3.8) is 0 Å². The van der Waals surface area contributed by atoms with E-state index < -0.39 is 77.6 Å². The summed E-state index contributed by atoms with van der Waals surface area (Å²) in [5.74, 6) is -3.24. The lowest BCUT2D eigenvalue weighted by Gasteiger charge is -2.45. The molecule has 16 heteroatoms. The monoisotopic (exact) mass is 799 g/mol. The smallest absolute Gasteiger partial charge is 0.410 e. The Hall–Kier alpha value is -3.67. The predicted octanol–water partition coefficient (Wildman–Crippen LogP) is 3.68. The highest BCUT2D eigenvalue weighted by Gasteiger charge is 2.58. The van der Waals surface area contributed by atoms with Crippen LogP contribution in [0.4, 0.5) is 10.5 Å². The standard InChI is InChI=1S/C41H65N7O9/c1-10-32-41(8)35(48(39(52)57-41)17-12-11-16-47-22-31(45-46-47)28-14-13-15-29(42)19-28)27(6)44-21-23(2)20-40(7,53-9)36(25(4)33(49)26(5)37(51)55-32)56-38-34(50)30(43)18-24(3)54-38/h13-15,19,22-27,30,32,34-36,38,44,50H,10-12,16-18,20-21,42-43H2,1-9H3/t23-,24-,25+,26?,27-,30?,32-,34?,35-,36-,38+,40-,41-/m1/s1. The number of Topliss-reactive ketones (excluding diaryl/α,β-unsaturated/α-hetero) is 1. The number of hydrogen-bond donors (Lipinski definition) is 4. The second kappa shape index (κ2) is 18.5. The average Bonchev–Trinajstić information content (AvgIpc) is 3.75. The Bertz CT molecular complexity index is 1690. The van der Waals surface area contributed by atoms with Gasteiger partial charge in [0.25, 0.3) is 0 Å². The number of anilines is 1. The van der Waals surface area contributed by atoms with Crippen LogP contribution in [0.15, 0.2) is 30.5 Å². The lowest BCUT2D eigenvalue weighted by atomic mass is 9.78. The van der Waals surface area contributed by atoms with Gasteiger partial charge in [0.1, 0.15) is 23.8 Å². The molecule has 0 saturated carbocycles. The number of unbranched alkanes of at least 4 members (excludes halogenated alkanes) is 1. The third-order valence-electron chi connectivity index (χ3n) is 12.2. The summed E-state index contributed by atoms with van der Waals surface area (Å²) < 4.78 is 32.8. The van der Waals surface area contributed by atoms with Crippen LogP contribution in [0.25, 0.3) is 11.3 Å². The summed E-state index contributed by atoms with van der Waals surface area (Å²) in [6.45, 7) is 16.2. The van der Waals surface area contributed by atoms with Crippen molar-refractivity contribution in [3.8, 4) is 11.3 Å². The Morgan fingerprint density at radius 3 is 2.49 bits per heavy atom. The topological polar surface area (TPSA) is 216 Å². The molecule has 3 saturated heterocycles. The van der Waals surface area contributed by atoms with Crippen molar-refractivity contribution in [3.05, 3.63) is 30.5 Å². The van der Waals surface area contributed by atoms with E-state index in [-0.39, 0.29) is 18.1 Å². The van der Waals surface area contributed by atoms with E-state index in [1.807, 2.05) is 65.1 Å². The molecule has 3 unspecified atom stereocenters. The maximum Gasteiger partial charge on any atom is 0.410 e. The largest absolute Gasteiger partial charge is 0.458 e. The van der Waals surface area contributed by atoms with Gasteiger partial charge in [-0.2, -0.15) is 0 Å². The molecule has 0 bridgehead atoms. The number of nitrogens with zero attached hydrogens (tertiary/aromatic N) is 4. The molecule has 3 aliphatic rings. The molecule has 0 aliphatic carbocycles. The molecule has 3 fully saturated rings. The fraction of sp³-hybridized carbons (Fsp3) is 0.732. The number of nitrogens with two attached hydrogens (primary N) is 2. The molecule has 0 spiro atoms. The molecule has 1 aromatic heterocycles. The van der Waals surface area contributed by atoms with Gasteiger partial charge < -0.3 is 45.6 Å². The first kappa shape index (κ1) is 44.4. The number of rotatable bonds is 10. The van der Waals surface area contributed by atoms with Gasteiger partial charge in [0, 0.05) is 49.5 Å². The van der Waals surface area contributed by atoms with E-state index in [2.05, 4.69) is 22.6 Å². The molecule has 5 rings (SSSR count). The van der Waals surface area contributed by atoms with Crippen molar-refractivity contribution >= 4 is 23.5 Å². The molecule has 3 aliphatic heterocycles. The van der Waals surface area contributed by atoms with Crippen LogP contribution in [-0.2, 0) is 39.8 Å². The Morgan fingerprint density at radius 2 is 1.81 bits per heavy atom. The number of aliphatic hydroxyl groups excluding tert-OH is 1. The Kier molecular flexibility index (Phi) is 14.4. The highest BCUT2D eigenvalue weighted by molar-refractivity contribution is 6.00. The molecular formula is C41H65N7O9. The van der Waals surface area contributed by atoms with Gasteiger partial charge in [-0.1, -0.05) is 38.1 Å². The Morgan fingerprint density at radius 1 is 1.09 bits per heavy atom. The number of ether oxygens (including phenoxy) is 5. The second-order valence-corrected chi connectivity index (χ2v) is 16.9. The fourth-order valence-corrected chi connectivity index (χ4v) is 9.00. The van der Waals surface area contributed by atoms with Crippen molar-refractivity contribution in [1.29, 1.82) is 0 Å². The number of aryl methyl sites for hydroxylation is 1. The summed E-state index contributed by atoms with van der Waals surface area (Å²) in [5, 5.41) is 23.2. The number of fused-ring (bicyclic) bond motifs is 1. The van der Waals surface area contributed by atoms with Gasteiger partial charge in [0.15, 0.2) is 17.7 Å². The van der Waals surface area contributed by atoms with Crippen molar-refractivity contribution in [2.24, 2.45) is 23.5 Å². The highest BCUT2D eigenvalue weighted by atomic mass is 16.7. The van der Waals surface area contributed by atoms with Crippen LogP contribution in [-0.4, -0.2) is 123 Å². The van der Waals surface area contributed by atoms with E-state index in [4.69, 9.17) is 35.2 Å². The van der Waals surface area contributed by atoms with Crippen molar-refractivity contribution in [1.82, 2.24) is 25.2 Å². The number of nitrogens with one attached hydrogen (secondary N) is 1. The average molecular weight is 800 g/mol. The van der Waals surface area contributed by atoms with E-state index >= 15 is 0 Å². The number of methoxy groups -OCH3 is 1. The Balaban J connectivity index is 1.37. The molecule has 16 nitrogen and oxygen atoms in total. The van der Waals surface area contributed by atoms with E-state index in [9.17, 15) is 19.5 Å². The third kappa shape index (κ3) is 9.80. The molecule has 0 radical (unpaired) electrons. The lowest BCUT2D eigenvalue weighted by Crippen LogP contribution is -2.61. The van der Waals surface area contributed by atoms with E-state index in [1.165, 1.54) is 6.92 Å². The van der Waals surface area contributed by atoms with Crippen molar-refractivity contribution < 1.29 is 43.2 Å². The maximum absolute atomic E-state index is 14.3. The first-order valence-corrected chi connectivity index (χ1v) is 20.4. The Labute approximate surface area is 336 Å². The number of amides is 1. The summed E-state index contributed by atoms with van der Waals surface area (Å²) in [4.78, 5) is 43.7. The quantitative estimate of drug-likeness (QED) is 0.117. The molecule has 57 heavy (non-hydrogen) atoms. The van der Waals surface area contributed by atoms with Gasteiger partial charge >= 0.3 is 12.1 Å². The number of aromatic nitrogens is 3. The normalized spacial score (nSPS) is 37.2. The van der Waals surface area contributed by atoms with Crippen LogP contribution in [0, 0.1) is 17.8 Å². The fourth-order valence-electron chi connectivity index (χ4n) is 9.00. The van der Waals surface area contributed by atoms with Crippen LogP contribution in [0.2, 0.25) is 0 Å². The van der Waals surface area contributed by atoms with E-state index in [0.717, 1.165) is 11.3 Å². The number of carbonyl (C=O) groups excluding carboxylic acids is 3. The van der Waals surface area contributed by atoms with Gasteiger partial charge in [-0.15, -0.1) is 5.10 Å². The number of benzene rings is 1. The lowest BCUT2D eigenvalue weighted by molar-refractivity contribution is -0.288. The van der Waals surface area contributed by atoms with Crippen LogP contribution in [0.1, 0.15) is 87.5 Å². The van der Waals surface area contributed by atoms with Gasteiger partial charge in [-0.05, 0) is 91.3 Å². The van der Waals surface area contributed by atoms with Crippen LogP contribution < -0.4 is 16.8 Å². The van der Waals surface area contributed by atoms with Crippen LogP contribution >= 0.6 is 0 Å². The molecular weight excluding hydrogens is 734 g/mol. The first-order chi connectivity index (χ1) is 26.9. The zero-order chi connectivity index (χ0) is 41.8. The molecule has 2 aromatic rings. The first-order valence-electron chi connectivity index (χ1n) is 20.4. The molecule has 6 N–H and O–H groups in total. The van der Waals surface area contributed by atoms with Crippen LogP contribution in [0.5, 0.6) is 0 Å². The molecule has 4 heterocycles. The summed E-state index contributed by atoms with van der Waals surface area (Å²) in [6.07, 6.45) is -0.327. The van der Waals surface area contributed by atoms with E-state index in [0.29, 0.717) is 57.4 Å². The van der Waals surface area contributed by atoms with Crippen molar-refractivity contribution in [2.75, 3.05) is 25.9 Å². The zero-order valence-corrected chi connectivity index (χ0v) is 35.1. The zero-order valence-electron chi connectivity index (χ0n) is 35.1. The molecule has 318 valence electrons. The number of esters is 1. The minimum Gasteiger partial charge on any atom is -0.458 e. The maximum atomic E-state index is 14.3. The predicted molar refractivity (Wildman–Crippen MR) is 212 cm³/mol. The van der Waals surface area contributed by atoms with Gasteiger partial charge in [0.05, 0.1) is 30.0 Å². The molecule has 1 amide bonds. The second-order valence-electron chi connectivity index (χ2n) is 16.9. The minimum atomic E-state index is -1.24. The number of ketones is 1. The summed E-state index contributed by atoms with van der Waals surface area (Å²) >= 11 is 0. The summed E-state index contributed by atoms with van der Waals surface area (Å²) in [7, 11) is 1.56. The third-order valence-corrected chi connectivity index (χ3v) is 12.2. The van der Waals surface area contributed by atoms with Crippen molar-refractivity contribution in [2.45, 2.75) is 154 Å².